The predicted molar refractivity (Wildman–Crippen MR) is 123 cm³/mol. The van der Waals surface area contributed by atoms with Gasteiger partial charge in [0.25, 0.3) is 5.91 Å². The highest BCUT2D eigenvalue weighted by atomic mass is 19.4. The SMILES string of the molecule is Nc1nc2cnc(C(=O)N3CC4(CCC4)CC4Oc5cc(C(F)(F)F)ccc5C43)cc2n2cncc12. The van der Waals surface area contributed by atoms with Crippen LogP contribution in [0.15, 0.2) is 43.0 Å². The molecule has 1 aromatic carbocycles. The van der Waals surface area contributed by atoms with Crippen LogP contribution >= 0.6 is 0 Å². The summed E-state index contributed by atoms with van der Waals surface area (Å²) in [6, 6.07) is 4.73. The monoisotopic (exact) mass is 494 g/mol. The van der Waals surface area contributed by atoms with Gasteiger partial charge in [0, 0.05) is 12.1 Å². The van der Waals surface area contributed by atoms with Gasteiger partial charge in [0.05, 0.1) is 35.8 Å². The van der Waals surface area contributed by atoms with Crippen LogP contribution in [0.3, 0.4) is 0 Å². The number of imidazole rings is 1. The molecule has 1 aliphatic carbocycles. The van der Waals surface area contributed by atoms with Crippen molar-refractivity contribution >= 4 is 28.3 Å². The average Bonchev–Trinajstić information content (AvgIpc) is 3.46. The molecule has 0 bridgehead atoms. The number of hydrogen-bond donors (Lipinski definition) is 1. The summed E-state index contributed by atoms with van der Waals surface area (Å²) in [6.45, 7) is 0.511. The number of aromatic nitrogens is 4. The third-order valence-corrected chi connectivity index (χ3v) is 7.92. The van der Waals surface area contributed by atoms with Crippen LogP contribution < -0.4 is 10.5 Å². The number of alkyl halides is 3. The summed E-state index contributed by atoms with van der Waals surface area (Å²) in [4.78, 5) is 28.6. The number of halogens is 3. The maximum atomic E-state index is 13.9. The topological polar surface area (TPSA) is 98.6 Å². The van der Waals surface area contributed by atoms with E-state index in [9.17, 15) is 18.0 Å². The van der Waals surface area contributed by atoms with Crippen molar-refractivity contribution in [2.24, 2.45) is 5.41 Å². The van der Waals surface area contributed by atoms with E-state index in [0.717, 1.165) is 31.4 Å². The number of nitrogens with zero attached hydrogens (tertiary/aromatic N) is 5. The van der Waals surface area contributed by atoms with Crippen LogP contribution in [0.1, 0.15) is 53.3 Å². The molecule has 0 radical (unpaired) electrons. The molecule has 1 saturated heterocycles. The van der Waals surface area contributed by atoms with E-state index in [1.807, 2.05) is 0 Å². The molecular weight excluding hydrogens is 473 g/mol. The average molecular weight is 494 g/mol. The molecule has 2 atom stereocenters. The van der Waals surface area contributed by atoms with Crippen LogP contribution in [0.4, 0.5) is 19.0 Å². The Bertz CT molecular complexity index is 1560. The first-order valence-electron chi connectivity index (χ1n) is 11.8. The van der Waals surface area contributed by atoms with Gasteiger partial charge in [-0.3, -0.25) is 9.20 Å². The fraction of sp³-hybridized carbons (Fsp3) is 0.360. The Morgan fingerprint density at radius 2 is 2.00 bits per heavy atom. The Balaban J connectivity index is 1.32. The molecule has 3 aliphatic rings. The van der Waals surface area contributed by atoms with Gasteiger partial charge in [0.1, 0.15) is 34.4 Å². The van der Waals surface area contributed by atoms with E-state index in [4.69, 9.17) is 10.5 Å². The second-order valence-corrected chi connectivity index (χ2v) is 10.0. The summed E-state index contributed by atoms with van der Waals surface area (Å²) in [6.07, 6.45) is 3.52. The minimum Gasteiger partial charge on any atom is -0.488 e. The van der Waals surface area contributed by atoms with E-state index in [0.29, 0.717) is 40.9 Å². The normalized spacial score (nSPS) is 22.4. The maximum absolute atomic E-state index is 13.9. The van der Waals surface area contributed by atoms with Crippen molar-refractivity contribution in [3.63, 3.8) is 0 Å². The lowest BCUT2D eigenvalue weighted by atomic mass is 9.62. The lowest BCUT2D eigenvalue weighted by Gasteiger charge is -2.52. The molecule has 1 amide bonds. The largest absolute Gasteiger partial charge is 0.488 e. The molecule has 1 saturated carbocycles. The van der Waals surface area contributed by atoms with Gasteiger partial charge in [-0.15, -0.1) is 0 Å². The molecule has 11 heteroatoms. The first-order valence-corrected chi connectivity index (χ1v) is 11.8. The molecule has 5 heterocycles. The number of ether oxygens (including phenoxy) is 1. The summed E-state index contributed by atoms with van der Waals surface area (Å²) >= 11 is 0. The Kier molecular flexibility index (Phi) is 4.21. The van der Waals surface area contributed by atoms with Crippen molar-refractivity contribution in [1.29, 1.82) is 0 Å². The Morgan fingerprint density at radius 3 is 2.75 bits per heavy atom. The van der Waals surface area contributed by atoms with Crippen LogP contribution in [0.25, 0.3) is 16.6 Å². The van der Waals surface area contributed by atoms with Crippen LogP contribution in [-0.4, -0.2) is 42.8 Å². The van der Waals surface area contributed by atoms with Crippen LogP contribution in [0, 0.1) is 5.41 Å². The number of nitrogens with two attached hydrogens (primary N) is 1. The number of likely N-dealkylation sites (tertiary alicyclic amines) is 1. The smallest absolute Gasteiger partial charge is 0.416 e. The van der Waals surface area contributed by atoms with Crippen molar-refractivity contribution in [2.45, 2.75) is 44.0 Å². The molecule has 2 aliphatic heterocycles. The molecule has 2 N–H and O–H groups in total. The molecule has 8 nitrogen and oxygen atoms in total. The second-order valence-electron chi connectivity index (χ2n) is 10.0. The first-order chi connectivity index (χ1) is 17.2. The third-order valence-electron chi connectivity index (χ3n) is 7.92. The van der Waals surface area contributed by atoms with Gasteiger partial charge in [-0.1, -0.05) is 12.5 Å². The summed E-state index contributed by atoms with van der Waals surface area (Å²) in [5, 5.41) is 0. The Hall–Kier alpha value is -3.89. The molecule has 184 valence electrons. The molecular formula is C25H21F3N6O2. The number of nitrogen functional groups attached to an aromatic ring is 1. The van der Waals surface area contributed by atoms with E-state index in [1.165, 1.54) is 12.3 Å². The zero-order valence-corrected chi connectivity index (χ0v) is 19.0. The number of rotatable bonds is 1. The highest BCUT2D eigenvalue weighted by Crippen LogP contribution is 2.56. The van der Waals surface area contributed by atoms with Crippen LogP contribution in [0.2, 0.25) is 0 Å². The Labute approximate surface area is 202 Å². The lowest BCUT2D eigenvalue weighted by Crippen LogP contribution is -2.55. The van der Waals surface area contributed by atoms with Gasteiger partial charge in [0.15, 0.2) is 0 Å². The summed E-state index contributed by atoms with van der Waals surface area (Å²) in [5.74, 6) is 0.212. The number of anilines is 1. The number of carbonyl (C=O) groups excluding carboxylic acids is 1. The number of fused-ring (bicyclic) bond motifs is 6. The van der Waals surface area contributed by atoms with Crippen molar-refractivity contribution < 1.29 is 22.7 Å². The van der Waals surface area contributed by atoms with Gasteiger partial charge in [0.2, 0.25) is 0 Å². The summed E-state index contributed by atoms with van der Waals surface area (Å²) < 4.78 is 47.8. The van der Waals surface area contributed by atoms with Crippen molar-refractivity contribution in [2.75, 3.05) is 12.3 Å². The van der Waals surface area contributed by atoms with Gasteiger partial charge >= 0.3 is 6.18 Å². The quantitative estimate of drug-likeness (QED) is 0.421. The van der Waals surface area contributed by atoms with E-state index >= 15 is 0 Å². The standard InChI is InChI=1S/C25H21F3N6O2/c26-25(27,28)13-2-3-14-19(6-13)36-20-8-24(4-1-5-24)11-33(21(14)20)23(35)15-7-17-16(9-31-15)32-22(29)18-10-30-12-34(17)18/h2-3,6-7,9-10,12,20-21H,1,4-5,8,11H2,(H2,29,32). The minimum absolute atomic E-state index is 0.0871. The second kappa shape index (κ2) is 7.08. The number of pyridine rings is 1. The summed E-state index contributed by atoms with van der Waals surface area (Å²) in [5.41, 5.74) is 7.77. The molecule has 36 heavy (non-hydrogen) atoms. The minimum atomic E-state index is -4.47. The third kappa shape index (κ3) is 3.01. The zero-order valence-electron chi connectivity index (χ0n) is 19.0. The lowest BCUT2D eigenvalue weighted by molar-refractivity contribution is -0.137. The molecule has 7 rings (SSSR count). The van der Waals surface area contributed by atoms with E-state index in [1.54, 1.807) is 27.9 Å². The molecule has 2 unspecified atom stereocenters. The molecule has 1 spiro atoms. The number of amides is 1. The Morgan fingerprint density at radius 1 is 1.17 bits per heavy atom. The predicted octanol–water partition coefficient (Wildman–Crippen LogP) is 4.40. The van der Waals surface area contributed by atoms with Gasteiger partial charge in [-0.05, 0) is 42.9 Å². The summed E-state index contributed by atoms with van der Waals surface area (Å²) in [7, 11) is 0. The first kappa shape index (κ1) is 21.4. The van der Waals surface area contributed by atoms with Crippen molar-refractivity contribution in [3.8, 4) is 5.75 Å². The molecule has 3 aromatic heterocycles. The number of carbonyl (C=O) groups is 1. The van der Waals surface area contributed by atoms with E-state index < -0.39 is 23.9 Å². The molecule has 4 aromatic rings. The fourth-order valence-electron chi connectivity index (χ4n) is 6.04. The van der Waals surface area contributed by atoms with Crippen LogP contribution in [-0.2, 0) is 6.18 Å². The highest BCUT2D eigenvalue weighted by molar-refractivity contribution is 5.96. The van der Waals surface area contributed by atoms with Gasteiger partial charge in [-0.2, -0.15) is 13.2 Å². The fourth-order valence-corrected chi connectivity index (χ4v) is 6.04. The van der Waals surface area contributed by atoms with E-state index in [2.05, 4.69) is 15.0 Å². The van der Waals surface area contributed by atoms with Crippen molar-refractivity contribution in [1.82, 2.24) is 24.3 Å². The van der Waals surface area contributed by atoms with Gasteiger partial charge in [-0.25, -0.2) is 15.0 Å². The maximum Gasteiger partial charge on any atom is 0.416 e. The van der Waals surface area contributed by atoms with Crippen molar-refractivity contribution in [3.05, 3.63) is 59.8 Å². The highest BCUT2D eigenvalue weighted by Gasteiger charge is 2.54. The van der Waals surface area contributed by atoms with E-state index in [-0.39, 0.29) is 22.8 Å². The number of hydrogen-bond acceptors (Lipinski definition) is 6. The zero-order chi connectivity index (χ0) is 24.8. The van der Waals surface area contributed by atoms with Gasteiger partial charge < -0.3 is 15.4 Å². The molecule has 2 fully saturated rings. The number of piperidine rings is 1. The van der Waals surface area contributed by atoms with Crippen LogP contribution in [0.5, 0.6) is 5.75 Å². The number of benzene rings is 1.